The number of halogens is 1. The third kappa shape index (κ3) is 5.64. The van der Waals surface area contributed by atoms with Crippen molar-refractivity contribution in [3.8, 4) is 11.5 Å². The number of amides is 2. The van der Waals surface area contributed by atoms with Gasteiger partial charge in [-0.15, -0.1) is 0 Å². The summed E-state index contributed by atoms with van der Waals surface area (Å²) in [7, 11) is 3.01. The van der Waals surface area contributed by atoms with Crippen molar-refractivity contribution in [3.05, 3.63) is 65.7 Å². The van der Waals surface area contributed by atoms with E-state index in [0.29, 0.717) is 33.5 Å². The number of carbonyl (C=O) groups is 2. The number of ether oxygens (including phenoxy) is 2. The Hall–Kier alpha value is -3.85. The highest BCUT2D eigenvalue weighted by molar-refractivity contribution is 6.32. The lowest BCUT2D eigenvalue weighted by Crippen LogP contribution is -2.24. The highest BCUT2D eigenvalue weighted by Gasteiger charge is 2.15. The van der Waals surface area contributed by atoms with Gasteiger partial charge in [-0.3, -0.25) is 9.59 Å². The normalized spacial score (nSPS) is 11.8. The molecule has 9 nitrogen and oxygen atoms in total. The molecule has 0 radical (unpaired) electrons. The van der Waals surface area contributed by atoms with Gasteiger partial charge in [0.1, 0.15) is 18.7 Å². The van der Waals surface area contributed by atoms with Crippen LogP contribution in [-0.4, -0.2) is 40.8 Å². The van der Waals surface area contributed by atoms with Crippen molar-refractivity contribution in [1.82, 2.24) is 14.8 Å². The van der Waals surface area contributed by atoms with Crippen molar-refractivity contribution < 1.29 is 19.1 Å². The van der Waals surface area contributed by atoms with Crippen molar-refractivity contribution in [3.63, 3.8) is 0 Å². The first kappa shape index (κ1) is 22.8. The summed E-state index contributed by atoms with van der Waals surface area (Å²) in [6.07, 6.45) is 5.85. The van der Waals surface area contributed by atoms with Gasteiger partial charge in [-0.2, -0.15) is 5.10 Å². The maximum atomic E-state index is 12.3. The van der Waals surface area contributed by atoms with E-state index in [1.165, 1.54) is 37.6 Å². The molecule has 1 atom stereocenters. The van der Waals surface area contributed by atoms with Crippen molar-refractivity contribution in [1.29, 1.82) is 0 Å². The lowest BCUT2D eigenvalue weighted by molar-refractivity contribution is -0.119. The van der Waals surface area contributed by atoms with E-state index in [4.69, 9.17) is 21.1 Å². The molecule has 0 aliphatic carbocycles. The maximum absolute atomic E-state index is 12.3. The molecule has 32 heavy (non-hydrogen) atoms. The lowest BCUT2D eigenvalue weighted by atomic mass is 10.2. The van der Waals surface area contributed by atoms with Crippen LogP contribution in [0.5, 0.6) is 11.5 Å². The SMILES string of the molecule is COc1cc(/C=C/C(=O)Nc2ccc(NC(=O)C(C)n3cncn3)cc2)cc(Cl)c1OC. The summed E-state index contributed by atoms with van der Waals surface area (Å²) >= 11 is 6.18. The molecule has 2 N–H and O–H groups in total. The molecule has 1 unspecified atom stereocenters. The van der Waals surface area contributed by atoms with Gasteiger partial charge in [0.2, 0.25) is 11.8 Å². The fourth-order valence-electron chi connectivity index (χ4n) is 2.81. The van der Waals surface area contributed by atoms with Gasteiger partial charge in [0.15, 0.2) is 11.5 Å². The molecule has 3 rings (SSSR count). The summed E-state index contributed by atoms with van der Waals surface area (Å²) in [6.45, 7) is 1.72. The Labute approximate surface area is 190 Å². The number of anilines is 2. The number of aromatic nitrogens is 3. The number of hydrogen-bond acceptors (Lipinski definition) is 6. The third-order valence-electron chi connectivity index (χ3n) is 4.52. The molecule has 1 aromatic heterocycles. The van der Waals surface area contributed by atoms with Gasteiger partial charge in [-0.1, -0.05) is 11.6 Å². The molecule has 166 valence electrons. The van der Waals surface area contributed by atoms with Gasteiger partial charge in [0, 0.05) is 17.5 Å². The number of rotatable bonds is 8. The number of nitrogens with one attached hydrogen (secondary N) is 2. The molecule has 2 amide bonds. The standard InChI is InChI=1S/C22H22ClN5O4/c1-14(28-13-24-12-25-28)22(30)27-17-7-5-16(6-8-17)26-20(29)9-4-15-10-18(23)21(32-3)19(11-15)31-2/h4-14H,1-3H3,(H,26,29)(H,27,30)/b9-4+. The summed E-state index contributed by atoms with van der Waals surface area (Å²) in [4.78, 5) is 28.4. The molecule has 3 aromatic rings. The van der Waals surface area contributed by atoms with Crippen LogP contribution in [0.3, 0.4) is 0 Å². The first-order valence-corrected chi connectivity index (χ1v) is 9.94. The van der Waals surface area contributed by atoms with Crippen molar-refractivity contribution in [2.45, 2.75) is 13.0 Å². The largest absolute Gasteiger partial charge is 0.493 e. The number of nitrogens with zero attached hydrogens (tertiary/aromatic N) is 3. The van der Waals surface area contributed by atoms with Crippen LogP contribution >= 0.6 is 11.6 Å². The number of carbonyl (C=O) groups excluding carboxylic acids is 2. The number of methoxy groups -OCH3 is 2. The van der Waals surface area contributed by atoms with Crippen LogP contribution in [0.15, 0.2) is 55.1 Å². The zero-order valence-corrected chi connectivity index (χ0v) is 18.5. The minimum Gasteiger partial charge on any atom is -0.493 e. The number of hydrogen-bond donors (Lipinski definition) is 2. The van der Waals surface area contributed by atoms with Crippen molar-refractivity contribution in [2.24, 2.45) is 0 Å². The zero-order valence-electron chi connectivity index (χ0n) is 17.7. The van der Waals surface area contributed by atoms with E-state index in [9.17, 15) is 9.59 Å². The fraction of sp³-hybridized carbons (Fsp3) is 0.182. The minimum absolute atomic E-state index is 0.233. The van der Waals surface area contributed by atoms with E-state index in [-0.39, 0.29) is 11.8 Å². The molecule has 2 aromatic carbocycles. The highest BCUT2D eigenvalue weighted by Crippen LogP contribution is 2.36. The smallest absolute Gasteiger partial charge is 0.249 e. The molecule has 0 aliphatic heterocycles. The minimum atomic E-state index is -0.507. The summed E-state index contributed by atoms with van der Waals surface area (Å²) in [5.74, 6) is 0.339. The number of benzene rings is 2. The van der Waals surface area contributed by atoms with E-state index in [1.54, 1.807) is 49.4 Å². The first-order valence-electron chi connectivity index (χ1n) is 9.57. The second kappa shape index (κ2) is 10.5. The van der Waals surface area contributed by atoms with E-state index in [1.807, 2.05) is 0 Å². The summed E-state index contributed by atoms with van der Waals surface area (Å²) in [5.41, 5.74) is 1.85. The molecule has 1 heterocycles. The molecule has 0 aliphatic rings. The fourth-order valence-corrected chi connectivity index (χ4v) is 3.11. The monoisotopic (exact) mass is 455 g/mol. The molecule has 0 bridgehead atoms. The lowest BCUT2D eigenvalue weighted by Gasteiger charge is -2.12. The van der Waals surface area contributed by atoms with Crippen LogP contribution in [0.2, 0.25) is 5.02 Å². The second-order valence-electron chi connectivity index (χ2n) is 6.68. The molecular weight excluding hydrogens is 434 g/mol. The van der Waals surface area contributed by atoms with Crippen LogP contribution in [0.25, 0.3) is 6.08 Å². The zero-order chi connectivity index (χ0) is 23.1. The van der Waals surface area contributed by atoms with E-state index >= 15 is 0 Å². The predicted molar refractivity (Wildman–Crippen MR) is 122 cm³/mol. The average molecular weight is 456 g/mol. The van der Waals surface area contributed by atoms with E-state index in [2.05, 4.69) is 20.7 Å². The molecular formula is C22H22ClN5O4. The molecule has 0 fully saturated rings. The van der Waals surface area contributed by atoms with E-state index < -0.39 is 6.04 Å². The van der Waals surface area contributed by atoms with Crippen LogP contribution < -0.4 is 20.1 Å². The van der Waals surface area contributed by atoms with Crippen molar-refractivity contribution >= 4 is 40.9 Å². The Balaban J connectivity index is 1.59. The Morgan fingerprint density at radius 1 is 1.09 bits per heavy atom. The summed E-state index contributed by atoms with van der Waals surface area (Å²) in [5, 5.41) is 9.88. The second-order valence-corrected chi connectivity index (χ2v) is 7.09. The Bertz CT molecular complexity index is 1110. The summed E-state index contributed by atoms with van der Waals surface area (Å²) < 4.78 is 11.9. The van der Waals surface area contributed by atoms with Gasteiger partial charge in [-0.05, 0) is 55.0 Å². The van der Waals surface area contributed by atoms with Crippen LogP contribution in [-0.2, 0) is 9.59 Å². The average Bonchev–Trinajstić information content (AvgIpc) is 3.33. The van der Waals surface area contributed by atoms with Crippen LogP contribution in [0.1, 0.15) is 18.5 Å². The van der Waals surface area contributed by atoms with Gasteiger partial charge >= 0.3 is 0 Å². The van der Waals surface area contributed by atoms with Crippen molar-refractivity contribution in [2.75, 3.05) is 24.9 Å². The quantitative estimate of drug-likeness (QED) is 0.500. The molecule has 10 heteroatoms. The molecule has 0 spiro atoms. The van der Waals surface area contributed by atoms with Crippen LogP contribution in [0.4, 0.5) is 11.4 Å². The Kier molecular flexibility index (Phi) is 7.45. The Morgan fingerprint density at radius 2 is 1.78 bits per heavy atom. The first-order chi connectivity index (χ1) is 15.4. The Morgan fingerprint density at radius 3 is 2.38 bits per heavy atom. The predicted octanol–water partition coefficient (Wildman–Crippen LogP) is 3.80. The maximum Gasteiger partial charge on any atom is 0.249 e. The highest BCUT2D eigenvalue weighted by atomic mass is 35.5. The van der Waals surface area contributed by atoms with E-state index in [0.717, 1.165) is 0 Å². The summed E-state index contributed by atoms with van der Waals surface area (Å²) in [6, 6.07) is 9.64. The third-order valence-corrected chi connectivity index (χ3v) is 4.80. The molecule has 0 saturated heterocycles. The van der Waals surface area contributed by atoms with Gasteiger partial charge in [0.25, 0.3) is 0 Å². The van der Waals surface area contributed by atoms with Gasteiger partial charge < -0.3 is 20.1 Å². The topological polar surface area (TPSA) is 107 Å². The van der Waals surface area contributed by atoms with Gasteiger partial charge in [0.05, 0.1) is 19.2 Å². The molecule has 0 saturated carbocycles. The van der Waals surface area contributed by atoms with Gasteiger partial charge in [-0.25, -0.2) is 9.67 Å². The van der Waals surface area contributed by atoms with Crippen LogP contribution in [0, 0.1) is 0 Å².